The molecule has 0 fully saturated rings. The van der Waals surface area contributed by atoms with Gasteiger partial charge in [-0.1, -0.05) is 12.1 Å². The Bertz CT molecular complexity index is 808. The number of nitrogens with zero attached hydrogens (tertiary/aromatic N) is 2. The molecule has 1 atom stereocenters. The third kappa shape index (κ3) is 2.61. The fourth-order valence-electron chi connectivity index (χ4n) is 2.39. The first kappa shape index (κ1) is 14.7. The predicted molar refractivity (Wildman–Crippen MR) is 84.5 cm³/mol. The average molecular weight is 320 g/mol. The maximum absolute atomic E-state index is 12.3. The lowest BCUT2D eigenvalue weighted by Crippen LogP contribution is -2.32. The molecule has 0 unspecified atom stereocenters. The first-order valence-electron chi connectivity index (χ1n) is 7.06. The number of aryl methyl sites for hydroxylation is 1. The van der Waals surface area contributed by atoms with Gasteiger partial charge in [-0.05, 0) is 18.9 Å². The number of rotatable bonds is 4. The van der Waals surface area contributed by atoms with Crippen LogP contribution in [0.3, 0.4) is 0 Å². The molecule has 0 saturated heterocycles. The Morgan fingerprint density at radius 3 is 3.09 bits per heavy atom. The summed E-state index contributed by atoms with van der Waals surface area (Å²) in [5, 5.41) is 7.28. The van der Waals surface area contributed by atoms with E-state index < -0.39 is 0 Å². The summed E-state index contributed by atoms with van der Waals surface area (Å²) in [5.74, 6) is -0.214. The number of fused-ring (bicyclic) bond motifs is 1. The van der Waals surface area contributed by atoms with Crippen molar-refractivity contribution in [2.45, 2.75) is 32.8 Å². The summed E-state index contributed by atoms with van der Waals surface area (Å²) in [4.78, 5) is 37.1. The highest BCUT2D eigenvalue weighted by Crippen LogP contribution is 2.26. The van der Waals surface area contributed by atoms with Crippen LogP contribution in [0.5, 0.6) is 0 Å². The number of hydrogen-bond donors (Lipinski definition) is 2. The highest BCUT2D eigenvalue weighted by Gasteiger charge is 2.22. The Kier molecular flexibility index (Phi) is 3.93. The molecule has 1 aliphatic rings. The standard InChI is InChI=1S/C14H16N4O3S/c1-3-8-4-9(21-18-8)5-15-13(20)11-7(2)10-12(19)16-6-17-14(10)22-11/h6,9H,3-5H2,1-2H3,(H,15,20)(H,16,17,19)/t9-/m0/s1. The van der Waals surface area contributed by atoms with Crippen LogP contribution in [0.2, 0.25) is 0 Å². The van der Waals surface area contributed by atoms with Crippen molar-refractivity contribution in [2.24, 2.45) is 5.16 Å². The molecule has 3 heterocycles. The van der Waals surface area contributed by atoms with Gasteiger partial charge in [0.05, 0.1) is 28.8 Å². The van der Waals surface area contributed by atoms with Gasteiger partial charge in [0.2, 0.25) is 0 Å². The first-order valence-corrected chi connectivity index (χ1v) is 7.88. The molecule has 0 aliphatic carbocycles. The summed E-state index contributed by atoms with van der Waals surface area (Å²) in [6.45, 7) is 4.17. The molecule has 22 heavy (non-hydrogen) atoms. The van der Waals surface area contributed by atoms with Gasteiger partial charge >= 0.3 is 0 Å². The molecule has 116 valence electrons. The van der Waals surface area contributed by atoms with Crippen LogP contribution in [0, 0.1) is 6.92 Å². The second-order valence-corrected chi connectivity index (χ2v) is 6.12. The third-order valence-electron chi connectivity index (χ3n) is 3.63. The Labute approximate surface area is 130 Å². The molecule has 1 aliphatic heterocycles. The number of oxime groups is 1. The van der Waals surface area contributed by atoms with Crippen LogP contribution in [0.25, 0.3) is 10.2 Å². The van der Waals surface area contributed by atoms with E-state index in [1.165, 1.54) is 17.7 Å². The van der Waals surface area contributed by atoms with Gasteiger partial charge in [-0.2, -0.15) is 0 Å². The van der Waals surface area contributed by atoms with Gasteiger partial charge in [-0.3, -0.25) is 9.59 Å². The van der Waals surface area contributed by atoms with Crippen LogP contribution < -0.4 is 10.9 Å². The quantitative estimate of drug-likeness (QED) is 0.894. The number of aromatic nitrogens is 2. The molecule has 8 heteroatoms. The van der Waals surface area contributed by atoms with E-state index in [-0.39, 0.29) is 17.6 Å². The predicted octanol–water partition coefficient (Wildman–Crippen LogP) is 1.58. The molecular formula is C14H16N4O3S. The molecule has 3 rings (SSSR count). The van der Waals surface area contributed by atoms with E-state index in [0.29, 0.717) is 27.2 Å². The maximum atomic E-state index is 12.3. The van der Waals surface area contributed by atoms with Gasteiger partial charge in [0.15, 0.2) is 0 Å². The highest BCUT2D eigenvalue weighted by molar-refractivity contribution is 7.20. The van der Waals surface area contributed by atoms with Gasteiger partial charge in [0, 0.05) is 6.42 Å². The summed E-state index contributed by atoms with van der Waals surface area (Å²) in [5.41, 5.74) is 1.44. The van der Waals surface area contributed by atoms with E-state index in [4.69, 9.17) is 4.84 Å². The van der Waals surface area contributed by atoms with Crippen molar-refractivity contribution in [3.8, 4) is 0 Å². The minimum atomic E-state index is -0.224. The topological polar surface area (TPSA) is 96.4 Å². The number of thiophene rings is 1. The smallest absolute Gasteiger partial charge is 0.261 e. The van der Waals surface area contributed by atoms with Crippen molar-refractivity contribution in [1.29, 1.82) is 0 Å². The average Bonchev–Trinajstić information content (AvgIpc) is 3.10. The van der Waals surface area contributed by atoms with E-state index in [2.05, 4.69) is 20.4 Å². The second-order valence-electron chi connectivity index (χ2n) is 5.12. The normalized spacial score (nSPS) is 17.4. The monoisotopic (exact) mass is 320 g/mol. The van der Waals surface area contributed by atoms with Crippen LogP contribution in [0.4, 0.5) is 0 Å². The summed E-state index contributed by atoms with van der Waals surface area (Å²) in [6.07, 6.45) is 2.82. The molecule has 0 spiro atoms. The summed E-state index contributed by atoms with van der Waals surface area (Å²) in [7, 11) is 0. The number of hydrogen-bond acceptors (Lipinski definition) is 6. The van der Waals surface area contributed by atoms with E-state index >= 15 is 0 Å². The Balaban J connectivity index is 1.72. The molecule has 0 aromatic carbocycles. The van der Waals surface area contributed by atoms with Crippen LogP contribution in [-0.4, -0.2) is 34.2 Å². The van der Waals surface area contributed by atoms with Gasteiger partial charge in [0.25, 0.3) is 11.5 Å². The Morgan fingerprint density at radius 2 is 2.41 bits per heavy atom. The van der Waals surface area contributed by atoms with Crippen LogP contribution in [-0.2, 0) is 4.84 Å². The van der Waals surface area contributed by atoms with Crippen LogP contribution in [0.15, 0.2) is 16.3 Å². The van der Waals surface area contributed by atoms with Gasteiger partial charge in [-0.15, -0.1) is 11.3 Å². The van der Waals surface area contributed by atoms with E-state index in [9.17, 15) is 9.59 Å². The Morgan fingerprint density at radius 1 is 1.59 bits per heavy atom. The molecule has 1 amide bonds. The summed E-state index contributed by atoms with van der Waals surface area (Å²) in [6, 6.07) is 0. The number of aromatic amines is 1. The molecule has 2 aromatic rings. The van der Waals surface area contributed by atoms with Crippen LogP contribution in [0.1, 0.15) is 35.0 Å². The van der Waals surface area contributed by atoms with Gasteiger partial charge in [0.1, 0.15) is 10.9 Å². The maximum Gasteiger partial charge on any atom is 0.261 e. The minimum absolute atomic E-state index is 0.116. The van der Waals surface area contributed by atoms with E-state index in [1.54, 1.807) is 6.92 Å². The number of nitrogens with one attached hydrogen (secondary N) is 2. The largest absolute Gasteiger partial charge is 0.390 e. The Hall–Kier alpha value is -2.22. The van der Waals surface area contributed by atoms with Crippen molar-refractivity contribution in [1.82, 2.24) is 15.3 Å². The fourth-order valence-corrected chi connectivity index (χ4v) is 3.45. The van der Waals surface area contributed by atoms with Gasteiger partial charge < -0.3 is 15.1 Å². The molecule has 7 nitrogen and oxygen atoms in total. The number of amides is 1. The van der Waals surface area contributed by atoms with Gasteiger partial charge in [-0.25, -0.2) is 4.98 Å². The summed E-state index contributed by atoms with van der Waals surface area (Å²) < 4.78 is 0. The lowest BCUT2D eigenvalue weighted by Gasteiger charge is -2.09. The van der Waals surface area contributed by atoms with E-state index in [0.717, 1.165) is 18.6 Å². The molecule has 0 saturated carbocycles. The molecule has 2 N–H and O–H groups in total. The molecule has 0 bridgehead atoms. The third-order valence-corrected chi connectivity index (χ3v) is 4.83. The van der Waals surface area contributed by atoms with E-state index in [1.807, 2.05) is 6.92 Å². The lowest BCUT2D eigenvalue weighted by atomic mass is 10.1. The lowest BCUT2D eigenvalue weighted by molar-refractivity contribution is 0.0755. The SMILES string of the molecule is CCC1=NO[C@H](CNC(=O)c2sc3nc[nH]c(=O)c3c2C)C1. The highest BCUT2D eigenvalue weighted by atomic mass is 32.1. The number of H-pyrrole nitrogens is 1. The van der Waals surface area contributed by atoms with Crippen molar-refractivity contribution in [3.05, 3.63) is 27.1 Å². The van der Waals surface area contributed by atoms with Crippen molar-refractivity contribution < 1.29 is 9.63 Å². The fraction of sp³-hybridized carbons (Fsp3) is 0.429. The molecular weight excluding hydrogens is 304 g/mol. The van der Waals surface area contributed by atoms with Crippen molar-refractivity contribution >= 4 is 33.2 Å². The molecule has 2 aromatic heterocycles. The number of carbonyl (C=O) groups excluding carboxylic acids is 1. The first-order chi connectivity index (χ1) is 10.6. The van der Waals surface area contributed by atoms with Crippen molar-refractivity contribution in [3.63, 3.8) is 0 Å². The minimum Gasteiger partial charge on any atom is -0.390 e. The zero-order chi connectivity index (χ0) is 15.7. The zero-order valence-corrected chi connectivity index (χ0v) is 13.1. The molecule has 0 radical (unpaired) electrons. The summed E-state index contributed by atoms with van der Waals surface area (Å²) >= 11 is 1.22. The van der Waals surface area contributed by atoms with Crippen LogP contribution >= 0.6 is 11.3 Å². The number of carbonyl (C=O) groups is 1. The zero-order valence-electron chi connectivity index (χ0n) is 12.3. The second kappa shape index (κ2) is 5.88. The van der Waals surface area contributed by atoms with Crippen molar-refractivity contribution in [2.75, 3.05) is 6.54 Å².